The van der Waals surface area contributed by atoms with E-state index in [4.69, 9.17) is 9.84 Å². The molecule has 0 aromatic heterocycles. The Kier molecular flexibility index (Phi) is 4.37. The summed E-state index contributed by atoms with van der Waals surface area (Å²) in [4.78, 5) is 0. The van der Waals surface area contributed by atoms with Crippen LogP contribution in [0.2, 0.25) is 0 Å². The zero-order valence-corrected chi connectivity index (χ0v) is 9.58. The van der Waals surface area contributed by atoms with Crippen LogP contribution in [0.15, 0.2) is 24.3 Å². The third-order valence-corrected chi connectivity index (χ3v) is 2.36. The van der Waals surface area contributed by atoms with Crippen molar-refractivity contribution in [3.63, 3.8) is 0 Å². The van der Waals surface area contributed by atoms with E-state index in [1.165, 1.54) is 5.56 Å². The molecule has 2 heteroatoms. The molecule has 82 valence electrons. The number of allylic oxidation sites excluding steroid dienone is 1. The lowest BCUT2D eigenvalue weighted by Crippen LogP contribution is -1.91. The number of rotatable bonds is 4. The number of ether oxygens (including phenoxy) is 1. The van der Waals surface area contributed by atoms with Crippen LogP contribution in [0.3, 0.4) is 0 Å². The van der Waals surface area contributed by atoms with Gasteiger partial charge in [-0.2, -0.15) is 0 Å². The number of methoxy groups -OCH3 is 1. The molecule has 0 saturated carbocycles. The fraction of sp³-hybridized carbons (Fsp3) is 0.385. The highest BCUT2D eigenvalue weighted by molar-refractivity contribution is 5.69. The molecule has 15 heavy (non-hydrogen) atoms. The summed E-state index contributed by atoms with van der Waals surface area (Å²) in [6, 6.07) is 6.14. The van der Waals surface area contributed by atoms with E-state index in [0.717, 1.165) is 16.9 Å². The molecule has 0 aliphatic heterocycles. The van der Waals surface area contributed by atoms with Crippen molar-refractivity contribution in [2.45, 2.75) is 20.3 Å². The van der Waals surface area contributed by atoms with E-state index < -0.39 is 0 Å². The maximum absolute atomic E-state index is 8.76. The number of benzene rings is 1. The molecule has 0 radical (unpaired) electrons. The van der Waals surface area contributed by atoms with E-state index in [0.29, 0.717) is 6.42 Å². The van der Waals surface area contributed by atoms with Gasteiger partial charge in [-0.15, -0.1) is 0 Å². The third kappa shape index (κ3) is 3.10. The number of aryl methyl sites for hydroxylation is 1. The van der Waals surface area contributed by atoms with Crippen LogP contribution in [0.25, 0.3) is 5.57 Å². The molecule has 1 aromatic rings. The van der Waals surface area contributed by atoms with Gasteiger partial charge in [-0.1, -0.05) is 18.2 Å². The molecule has 1 rings (SSSR count). The predicted molar refractivity (Wildman–Crippen MR) is 63.1 cm³/mol. The van der Waals surface area contributed by atoms with Gasteiger partial charge in [0, 0.05) is 12.2 Å². The Balaban J connectivity index is 3.02. The lowest BCUT2D eigenvalue weighted by molar-refractivity contribution is 0.302. The summed E-state index contributed by atoms with van der Waals surface area (Å²) >= 11 is 0. The molecule has 1 N–H and O–H groups in total. The molecule has 0 amide bonds. The lowest BCUT2D eigenvalue weighted by atomic mass is 10.0. The van der Waals surface area contributed by atoms with Gasteiger partial charge >= 0.3 is 0 Å². The van der Waals surface area contributed by atoms with Gasteiger partial charge in [-0.05, 0) is 37.5 Å². The molecule has 0 bridgehead atoms. The van der Waals surface area contributed by atoms with Crippen LogP contribution in [-0.4, -0.2) is 18.8 Å². The van der Waals surface area contributed by atoms with Crippen LogP contribution in [0.5, 0.6) is 5.75 Å². The second kappa shape index (κ2) is 5.56. The average molecular weight is 206 g/mol. The van der Waals surface area contributed by atoms with Crippen molar-refractivity contribution in [2.75, 3.05) is 13.7 Å². The van der Waals surface area contributed by atoms with Gasteiger partial charge in [0.05, 0.1) is 7.11 Å². The highest BCUT2D eigenvalue weighted by Crippen LogP contribution is 2.26. The van der Waals surface area contributed by atoms with Gasteiger partial charge in [0.2, 0.25) is 0 Å². The van der Waals surface area contributed by atoms with Crippen molar-refractivity contribution in [3.8, 4) is 5.75 Å². The maximum atomic E-state index is 8.76. The molecule has 1 aromatic carbocycles. The first-order chi connectivity index (χ1) is 7.19. The van der Waals surface area contributed by atoms with E-state index in [2.05, 4.69) is 12.1 Å². The number of aliphatic hydroxyl groups excluding tert-OH is 1. The molecule has 0 saturated heterocycles. The average Bonchev–Trinajstić information content (AvgIpc) is 2.25. The molecule has 0 fully saturated rings. The van der Waals surface area contributed by atoms with Crippen LogP contribution in [0.4, 0.5) is 0 Å². The van der Waals surface area contributed by atoms with Crippen LogP contribution < -0.4 is 4.74 Å². The Labute approximate surface area is 91.2 Å². The molecular weight excluding hydrogens is 188 g/mol. The minimum absolute atomic E-state index is 0.186. The molecule has 2 nitrogen and oxygen atoms in total. The fourth-order valence-electron chi connectivity index (χ4n) is 1.52. The number of hydrogen-bond donors (Lipinski definition) is 1. The SMILES string of the molecule is COc1cc(C)ccc1/C(C)=C/CCO. The zero-order valence-electron chi connectivity index (χ0n) is 9.58. The second-order valence-corrected chi connectivity index (χ2v) is 3.60. The summed E-state index contributed by atoms with van der Waals surface area (Å²) in [5, 5.41) is 8.76. The molecule has 0 aliphatic carbocycles. The zero-order chi connectivity index (χ0) is 11.3. The van der Waals surface area contributed by atoms with Crippen LogP contribution >= 0.6 is 0 Å². The van der Waals surface area contributed by atoms with E-state index >= 15 is 0 Å². The quantitative estimate of drug-likeness (QED) is 0.820. The van der Waals surface area contributed by atoms with Crippen LogP contribution in [-0.2, 0) is 0 Å². The highest BCUT2D eigenvalue weighted by Gasteiger charge is 2.04. The van der Waals surface area contributed by atoms with E-state index in [9.17, 15) is 0 Å². The Hall–Kier alpha value is -1.28. The van der Waals surface area contributed by atoms with Crippen molar-refractivity contribution in [1.82, 2.24) is 0 Å². The van der Waals surface area contributed by atoms with Gasteiger partial charge in [-0.3, -0.25) is 0 Å². The van der Waals surface area contributed by atoms with Crippen molar-refractivity contribution in [3.05, 3.63) is 35.4 Å². The summed E-state index contributed by atoms with van der Waals surface area (Å²) in [5.74, 6) is 0.890. The molecule has 0 heterocycles. The number of aliphatic hydroxyl groups is 1. The van der Waals surface area contributed by atoms with Crippen molar-refractivity contribution in [2.24, 2.45) is 0 Å². The van der Waals surface area contributed by atoms with Crippen molar-refractivity contribution in [1.29, 1.82) is 0 Å². The Morgan fingerprint density at radius 3 is 2.80 bits per heavy atom. The monoisotopic (exact) mass is 206 g/mol. The first kappa shape index (κ1) is 11.8. The topological polar surface area (TPSA) is 29.5 Å². The van der Waals surface area contributed by atoms with E-state index in [1.54, 1.807) is 7.11 Å². The lowest BCUT2D eigenvalue weighted by Gasteiger charge is -2.09. The first-order valence-electron chi connectivity index (χ1n) is 5.11. The predicted octanol–water partition coefficient (Wildman–Crippen LogP) is 2.79. The van der Waals surface area contributed by atoms with Crippen molar-refractivity contribution >= 4 is 5.57 Å². The van der Waals surface area contributed by atoms with Gasteiger partial charge in [0.1, 0.15) is 5.75 Å². The molecule has 0 atom stereocenters. The van der Waals surface area contributed by atoms with Gasteiger partial charge < -0.3 is 9.84 Å². The molecular formula is C13H18O2. The Morgan fingerprint density at radius 1 is 1.47 bits per heavy atom. The summed E-state index contributed by atoms with van der Waals surface area (Å²) in [6.07, 6.45) is 2.70. The van der Waals surface area contributed by atoms with E-state index in [1.807, 2.05) is 26.0 Å². The number of hydrogen-bond acceptors (Lipinski definition) is 2. The highest BCUT2D eigenvalue weighted by atomic mass is 16.5. The molecule has 0 unspecified atom stereocenters. The minimum Gasteiger partial charge on any atom is -0.496 e. The van der Waals surface area contributed by atoms with Crippen LogP contribution in [0, 0.1) is 6.92 Å². The first-order valence-corrected chi connectivity index (χ1v) is 5.11. The van der Waals surface area contributed by atoms with Crippen molar-refractivity contribution < 1.29 is 9.84 Å². The normalized spacial score (nSPS) is 11.6. The standard InChI is InChI=1S/C13H18O2/c1-10-6-7-12(13(9-10)15-3)11(2)5-4-8-14/h5-7,9,14H,4,8H2,1-3H3/b11-5+. The van der Waals surface area contributed by atoms with Gasteiger partial charge in [0.15, 0.2) is 0 Å². The maximum Gasteiger partial charge on any atom is 0.126 e. The Bertz CT molecular complexity index is 354. The summed E-state index contributed by atoms with van der Waals surface area (Å²) in [7, 11) is 1.68. The largest absolute Gasteiger partial charge is 0.496 e. The fourth-order valence-corrected chi connectivity index (χ4v) is 1.52. The second-order valence-electron chi connectivity index (χ2n) is 3.60. The van der Waals surface area contributed by atoms with Gasteiger partial charge in [0.25, 0.3) is 0 Å². The smallest absolute Gasteiger partial charge is 0.126 e. The van der Waals surface area contributed by atoms with E-state index in [-0.39, 0.29) is 6.61 Å². The molecule has 0 aliphatic rings. The molecule has 0 spiro atoms. The summed E-state index contributed by atoms with van der Waals surface area (Å²) < 4.78 is 5.32. The minimum atomic E-state index is 0.186. The van der Waals surface area contributed by atoms with Gasteiger partial charge in [-0.25, -0.2) is 0 Å². The Morgan fingerprint density at radius 2 is 2.20 bits per heavy atom. The summed E-state index contributed by atoms with van der Waals surface area (Å²) in [6.45, 7) is 4.26. The van der Waals surface area contributed by atoms with Crippen LogP contribution in [0.1, 0.15) is 24.5 Å². The summed E-state index contributed by atoms with van der Waals surface area (Å²) in [5.41, 5.74) is 3.42. The third-order valence-electron chi connectivity index (χ3n) is 2.36.